The van der Waals surface area contributed by atoms with Crippen LogP contribution in [0.25, 0.3) is 5.82 Å². The number of aryl methyl sites for hydroxylation is 1. The minimum absolute atomic E-state index is 0.0120. The van der Waals surface area contributed by atoms with Gasteiger partial charge in [0.15, 0.2) is 0 Å². The van der Waals surface area contributed by atoms with Crippen LogP contribution >= 0.6 is 0 Å². The quantitative estimate of drug-likeness (QED) is 0.787. The first-order valence-corrected chi connectivity index (χ1v) is 7.47. The van der Waals surface area contributed by atoms with Gasteiger partial charge in [0.1, 0.15) is 12.1 Å². The molecule has 5 heteroatoms. The normalized spacial score (nSPS) is 10.5. The number of pyridine rings is 1. The van der Waals surface area contributed by atoms with Crippen molar-refractivity contribution in [2.24, 2.45) is 0 Å². The van der Waals surface area contributed by atoms with Crippen molar-refractivity contribution in [2.75, 3.05) is 0 Å². The molecule has 0 fully saturated rings. The molecule has 1 amide bonds. The molecule has 0 atom stereocenters. The van der Waals surface area contributed by atoms with Gasteiger partial charge in [-0.3, -0.25) is 9.36 Å². The third-order valence-corrected chi connectivity index (χ3v) is 3.68. The molecule has 0 aliphatic heterocycles. The second kappa shape index (κ2) is 6.87. The van der Waals surface area contributed by atoms with E-state index >= 15 is 0 Å². The SMILES string of the molecule is Cc1ccccc1CC(=O)NCc1ccc(-n2ccnc2)nc1. The maximum Gasteiger partial charge on any atom is 0.224 e. The Kier molecular flexibility index (Phi) is 4.47. The van der Waals surface area contributed by atoms with E-state index in [0.717, 1.165) is 22.5 Å². The number of rotatable bonds is 5. The van der Waals surface area contributed by atoms with E-state index in [0.29, 0.717) is 13.0 Å². The van der Waals surface area contributed by atoms with E-state index < -0.39 is 0 Å². The molecule has 0 radical (unpaired) electrons. The Bertz CT molecular complexity index is 779. The van der Waals surface area contributed by atoms with Crippen LogP contribution in [0.2, 0.25) is 0 Å². The number of nitrogens with one attached hydrogen (secondary N) is 1. The summed E-state index contributed by atoms with van der Waals surface area (Å²) in [7, 11) is 0. The fraction of sp³-hybridized carbons (Fsp3) is 0.167. The number of hydrogen-bond acceptors (Lipinski definition) is 3. The van der Waals surface area contributed by atoms with Crippen molar-refractivity contribution in [3.63, 3.8) is 0 Å². The van der Waals surface area contributed by atoms with Crippen molar-refractivity contribution in [2.45, 2.75) is 19.9 Å². The fourth-order valence-electron chi connectivity index (χ4n) is 2.31. The first kappa shape index (κ1) is 15.0. The van der Waals surface area contributed by atoms with Crippen molar-refractivity contribution >= 4 is 5.91 Å². The molecule has 1 aromatic carbocycles. The van der Waals surface area contributed by atoms with Gasteiger partial charge in [0.05, 0.1) is 6.42 Å². The maximum absolute atomic E-state index is 12.0. The highest BCUT2D eigenvalue weighted by Gasteiger charge is 2.05. The maximum atomic E-state index is 12.0. The van der Waals surface area contributed by atoms with E-state index in [1.807, 2.05) is 54.1 Å². The number of carbonyl (C=O) groups is 1. The molecule has 3 rings (SSSR count). The highest BCUT2D eigenvalue weighted by Crippen LogP contribution is 2.08. The molecule has 23 heavy (non-hydrogen) atoms. The monoisotopic (exact) mass is 306 g/mol. The fourth-order valence-corrected chi connectivity index (χ4v) is 2.31. The average Bonchev–Trinajstić information content (AvgIpc) is 3.10. The molecule has 5 nitrogen and oxygen atoms in total. The molecule has 0 saturated carbocycles. The molecule has 0 spiro atoms. The first-order valence-electron chi connectivity index (χ1n) is 7.47. The van der Waals surface area contributed by atoms with Crippen molar-refractivity contribution in [1.29, 1.82) is 0 Å². The molecule has 3 aromatic rings. The van der Waals surface area contributed by atoms with Gasteiger partial charge < -0.3 is 5.32 Å². The number of imidazole rings is 1. The molecule has 116 valence electrons. The summed E-state index contributed by atoms with van der Waals surface area (Å²) in [5.41, 5.74) is 3.15. The molecule has 0 aliphatic carbocycles. The van der Waals surface area contributed by atoms with Gasteiger partial charge in [-0.25, -0.2) is 9.97 Å². The second-order valence-corrected chi connectivity index (χ2v) is 5.37. The number of aromatic nitrogens is 3. The van der Waals surface area contributed by atoms with Crippen LogP contribution in [0.4, 0.5) is 0 Å². The third-order valence-electron chi connectivity index (χ3n) is 3.68. The van der Waals surface area contributed by atoms with Crippen LogP contribution in [0.5, 0.6) is 0 Å². The van der Waals surface area contributed by atoms with E-state index in [9.17, 15) is 4.79 Å². The van der Waals surface area contributed by atoms with Gasteiger partial charge in [-0.05, 0) is 29.7 Å². The summed E-state index contributed by atoms with van der Waals surface area (Å²) in [4.78, 5) is 20.4. The highest BCUT2D eigenvalue weighted by atomic mass is 16.1. The topological polar surface area (TPSA) is 59.8 Å². The van der Waals surface area contributed by atoms with Gasteiger partial charge in [0, 0.05) is 25.1 Å². The molecule has 0 aliphatic rings. The van der Waals surface area contributed by atoms with Crippen molar-refractivity contribution in [1.82, 2.24) is 19.9 Å². The Morgan fingerprint density at radius 3 is 2.78 bits per heavy atom. The zero-order valence-corrected chi connectivity index (χ0v) is 12.9. The minimum Gasteiger partial charge on any atom is -0.352 e. The predicted molar refractivity (Wildman–Crippen MR) is 88.1 cm³/mol. The Labute approximate surface area is 135 Å². The van der Waals surface area contributed by atoms with Gasteiger partial charge in [-0.15, -0.1) is 0 Å². The van der Waals surface area contributed by atoms with Gasteiger partial charge in [0.25, 0.3) is 0 Å². The summed E-state index contributed by atoms with van der Waals surface area (Å²) in [5.74, 6) is 0.815. The van der Waals surface area contributed by atoms with Gasteiger partial charge in [0.2, 0.25) is 5.91 Å². The van der Waals surface area contributed by atoms with Crippen LogP contribution in [0.1, 0.15) is 16.7 Å². The lowest BCUT2D eigenvalue weighted by atomic mass is 10.1. The molecule has 2 heterocycles. The summed E-state index contributed by atoms with van der Waals surface area (Å²) in [5, 5.41) is 2.93. The lowest BCUT2D eigenvalue weighted by molar-refractivity contribution is -0.120. The van der Waals surface area contributed by atoms with E-state index in [4.69, 9.17) is 0 Å². The predicted octanol–water partition coefficient (Wildman–Crippen LogP) is 2.43. The smallest absolute Gasteiger partial charge is 0.224 e. The van der Waals surface area contributed by atoms with Gasteiger partial charge in [-0.2, -0.15) is 0 Å². The Morgan fingerprint density at radius 1 is 1.22 bits per heavy atom. The lowest BCUT2D eigenvalue weighted by Crippen LogP contribution is -2.24. The number of amides is 1. The Hall–Kier alpha value is -2.95. The molecular formula is C18H18N4O. The van der Waals surface area contributed by atoms with E-state index in [1.165, 1.54) is 0 Å². The Balaban J connectivity index is 1.56. The van der Waals surface area contributed by atoms with Crippen molar-refractivity contribution in [3.8, 4) is 5.82 Å². The van der Waals surface area contributed by atoms with Crippen LogP contribution in [0.15, 0.2) is 61.3 Å². The largest absolute Gasteiger partial charge is 0.352 e. The van der Waals surface area contributed by atoms with E-state index in [-0.39, 0.29) is 5.91 Å². The zero-order chi connectivity index (χ0) is 16.1. The van der Waals surface area contributed by atoms with Crippen LogP contribution in [0.3, 0.4) is 0 Å². The lowest BCUT2D eigenvalue weighted by Gasteiger charge is -2.08. The number of carbonyl (C=O) groups excluding carboxylic acids is 1. The molecule has 0 bridgehead atoms. The zero-order valence-electron chi connectivity index (χ0n) is 12.9. The average molecular weight is 306 g/mol. The summed E-state index contributed by atoms with van der Waals surface area (Å²) < 4.78 is 1.83. The van der Waals surface area contributed by atoms with E-state index in [2.05, 4.69) is 15.3 Å². The summed E-state index contributed by atoms with van der Waals surface area (Å²) in [6, 6.07) is 11.8. The molecule has 0 unspecified atom stereocenters. The number of hydrogen-bond donors (Lipinski definition) is 1. The van der Waals surface area contributed by atoms with E-state index in [1.54, 1.807) is 18.7 Å². The van der Waals surface area contributed by atoms with Crippen molar-refractivity contribution < 1.29 is 4.79 Å². The summed E-state index contributed by atoms with van der Waals surface area (Å²) in [6.07, 6.45) is 7.41. The molecule has 1 N–H and O–H groups in total. The number of nitrogens with zero attached hydrogens (tertiary/aromatic N) is 3. The van der Waals surface area contributed by atoms with Crippen LogP contribution in [-0.4, -0.2) is 20.4 Å². The van der Waals surface area contributed by atoms with Crippen LogP contribution in [0, 0.1) is 6.92 Å². The van der Waals surface area contributed by atoms with Gasteiger partial charge >= 0.3 is 0 Å². The summed E-state index contributed by atoms with van der Waals surface area (Å²) >= 11 is 0. The van der Waals surface area contributed by atoms with Crippen molar-refractivity contribution in [3.05, 3.63) is 78.0 Å². The highest BCUT2D eigenvalue weighted by molar-refractivity contribution is 5.78. The first-order chi connectivity index (χ1) is 11.2. The number of benzene rings is 1. The van der Waals surface area contributed by atoms with Crippen LogP contribution < -0.4 is 5.32 Å². The standard InChI is InChI=1S/C18H18N4O/c1-14-4-2-3-5-16(14)10-18(23)21-12-15-6-7-17(20-11-15)22-9-8-19-13-22/h2-9,11,13H,10,12H2,1H3,(H,21,23). The minimum atomic E-state index is 0.0120. The van der Waals surface area contributed by atoms with Gasteiger partial charge in [-0.1, -0.05) is 30.3 Å². The molecule has 0 saturated heterocycles. The Morgan fingerprint density at radius 2 is 2.09 bits per heavy atom. The summed E-state index contributed by atoms with van der Waals surface area (Å²) in [6.45, 7) is 2.49. The molecular weight excluding hydrogens is 288 g/mol. The molecule has 2 aromatic heterocycles. The van der Waals surface area contributed by atoms with Crippen LogP contribution in [-0.2, 0) is 17.8 Å². The third kappa shape index (κ3) is 3.83. The second-order valence-electron chi connectivity index (χ2n) is 5.37.